The van der Waals surface area contributed by atoms with E-state index in [9.17, 15) is 19.0 Å². The molecule has 10 heteroatoms. The number of nitrogens with one attached hydrogen (secondary N) is 1. The smallest absolute Gasteiger partial charge is 0.456 e. The van der Waals surface area contributed by atoms with Crippen molar-refractivity contribution in [2.75, 3.05) is 40.9 Å². The third-order valence-corrected chi connectivity index (χ3v) is 17.8. The maximum Gasteiger partial charge on any atom is 0.472 e. The van der Waals surface area contributed by atoms with Gasteiger partial charge >= 0.3 is 13.8 Å². The summed E-state index contributed by atoms with van der Waals surface area (Å²) in [4.78, 5) is 38.0. The van der Waals surface area contributed by atoms with Gasteiger partial charge in [-0.2, -0.15) is 0 Å². The standard InChI is InChI=1S/C79H145N2O7P/c1-7-10-13-16-19-22-25-27-29-31-33-35-37-39-40-42-43-45-47-49-51-53-56-59-62-65-68-71-78(82)80-76(75-87-89(84,85)86-74-73-81(4,5)6)77(70-67-64-61-58-55-24-21-18-15-12-9-3)88-79(83)72-69-66-63-60-57-54-52-50-48-46-44-41-38-36-34-32-30-28-26-23-20-17-14-11-8-2/h11,14,20,23,27-30,34,36,41,44,67,70,76-77H,7-10,12-13,15-19,21-22,24-26,31-33,35,37-40,42-43,45-66,68-69,71-75H2,1-6H3,(H-,80,82,84,85)/p+1/b14-11-,23-20-,29-27+,30-28-,36-34-,44-41-,70-67+. The van der Waals surface area contributed by atoms with Crippen molar-refractivity contribution >= 4 is 19.7 Å². The molecule has 0 radical (unpaired) electrons. The van der Waals surface area contributed by atoms with Crippen molar-refractivity contribution < 1.29 is 37.3 Å². The fourth-order valence-corrected chi connectivity index (χ4v) is 11.8. The molecule has 0 aromatic rings. The largest absolute Gasteiger partial charge is 0.472 e. The van der Waals surface area contributed by atoms with Crippen molar-refractivity contribution in [2.45, 2.75) is 367 Å². The van der Waals surface area contributed by atoms with E-state index in [2.05, 4.69) is 99.0 Å². The van der Waals surface area contributed by atoms with Crippen LogP contribution in [0.1, 0.15) is 355 Å². The number of carbonyl (C=O) groups is 2. The summed E-state index contributed by atoms with van der Waals surface area (Å²) in [5.41, 5.74) is 0. The van der Waals surface area contributed by atoms with Gasteiger partial charge in [-0.25, -0.2) is 4.57 Å². The molecule has 0 bridgehead atoms. The number of amides is 1. The fraction of sp³-hybridized carbons (Fsp3) is 0.797. The normalized spacial score (nSPS) is 13.9. The van der Waals surface area contributed by atoms with Gasteiger partial charge in [-0.1, -0.05) is 324 Å². The highest BCUT2D eigenvalue weighted by molar-refractivity contribution is 7.47. The molecule has 0 saturated heterocycles. The lowest BCUT2D eigenvalue weighted by atomic mass is 10.0. The van der Waals surface area contributed by atoms with E-state index in [1.54, 1.807) is 0 Å². The van der Waals surface area contributed by atoms with Crippen LogP contribution in [-0.4, -0.2) is 74.3 Å². The van der Waals surface area contributed by atoms with Crippen LogP contribution in [0.4, 0.5) is 0 Å². The first-order chi connectivity index (χ1) is 43.4. The fourth-order valence-electron chi connectivity index (χ4n) is 11.0. The van der Waals surface area contributed by atoms with Crippen LogP contribution in [0.25, 0.3) is 0 Å². The Bertz CT molecular complexity index is 1800. The number of phosphoric acid groups is 1. The summed E-state index contributed by atoms with van der Waals surface area (Å²) in [6.45, 7) is 6.93. The van der Waals surface area contributed by atoms with Gasteiger partial charge in [0.2, 0.25) is 5.91 Å². The Morgan fingerprint density at radius 2 is 0.719 bits per heavy atom. The summed E-state index contributed by atoms with van der Waals surface area (Å²) >= 11 is 0. The molecular formula is C79H146N2O7P+. The van der Waals surface area contributed by atoms with Crippen LogP contribution >= 0.6 is 7.82 Å². The first kappa shape index (κ1) is 86.2. The summed E-state index contributed by atoms with van der Waals surface area (Å²) in [6.07, 6.45) is 91.8. The number of likely N-dealkylation sites (N-methyl/N-ethyl adjacent to an activating group) is 1. The van der Waals surface area contributed by atoms with Crippen LogP contribution < -0.4 is 5.32 Å². The second-order valence-corrected chi connectivity index (χ2v) is 28.2. The molecule has 0 fully saturated rings. The van der Waals surface area contributed by atoms with Gasteiger partial charge in [0, 0.05) is 12.8 Å². The number of hydrogen-bond donors (Lipinski definition) is 2. The van der Waals surface area contributed by atoms with Gasteiger partial charge in [-0.3, -0.25) is 18.6 Å². The molecule has 2 N–H and O–H groups in total. The highest BCUT2D eigenvalue weighted by Crippen LogP contribution is 2.43. The molecule has 0 aromatic carbocycles. The molecule has 3 atom stereocenters. The number of hydrogen-bond acceptors (Lipinski definition) is 6. The maximum atomic E-state index is 13.6. The Morgan fingerprint density at radius 3 is 1.09 bits per heavy atom. The molecule has 9 nitrogen and oxygen atoms in total. The minimum atomic E-state index is -4.46. The van der Waals surface area contributed by atoms with Crippen molar-refractivity contribution in [3.8, 4) is 0 Å². The molecule has 89 heavy (non-hydrogen) atoms. The van der Waals surface area contributed by atoms with E-state index in [0.29, 0.717) is 17.4 Å². The number of unbranched alkanes of at least 4 members (excludes halogenated alkanes) is 41. The zero-order valence-electron chi connectivity index (χ0n) is 59.4. The van der Waals surface area contributed by atoms with Crippen LogP contribution in [0.15, 0.2) is 85.1 Å². The van der Waals surface area contributed by atoms with E-state index in [-0.39, 0.29) is 31.5 Å². The highest BCUT2D eigenvalue weighted by atomic mass is 31.2. The first-order valence-electron chi connectivity index (χ1n) is 37.9. The number of allylic oxidation sites excluding steroid dienone is 13. The summed E-state index contributed by atoms with van der Waals surface area (Å²) in [7, 11) is 1.50. The summed E-state index contributed by atoms with van der Waals surface area (Å²) in [6, 6.07) is -0.854. The highest BCUT2D eigenvalue weighted by Gasteiger charge is 2.30. The molecule has 518 valence electrons. The first-order valence-corrected chi connectivity index (χ1v) is 39.4. The topological polar surface area (TPSA) is 111 Å². The molecule has 3 unspecified atom stereocenters. The minimum Gasteiger partial charge on any atom is -0.456 e. The number of phosphoric ester groups is 1. The lowest BCUT2D eigenvalue weighted by Crippen LogP contribution is -2.47. The van der Waals surface area contributed by atoms with Crippen molar-refractivity contribution in [2.24, 2.45) is 0 Å². The van der Waals surface area contributed by atoms with Gasteiger partial charge < -0.3 is 19.4 Å². The number of carbonyl (C=O) groups excluding carboxylic acids is 2. The Hall–Kier alpha value is -2.81. The molecule has 0 aliphatic rings. The van der Waals surface area contributed by atoms with Crippen molar-refractivity contribution in [3.63, 3.8) is 0 Å². The van der Waals surface area contributed by atoms with E-state index < -0.39 is 20.0 Å². The summed E-state index contributed by atoms with van der Waals surface area (Å²) in [5.74, 6) is -0.502. The Balaban J connectivity index is 4.94. The van der Waals surface area contributed by atoms with E-state index in [1.807, 2.05) is 33.3 Å². The van der Waals surface area contributed by atoms with Gasteiger partial charge in [0.05, 0.1) is 33.8 Å². The summed E-state index contributed by atoms with van der Waals surface area (Å²) < 4.78 is 30.9. The van der Waals surface area contributed by atoms with Crippen LogP contribution in [-0.2, 0) is 27.9 Å². The minimum absolute atomic E-state index is 0.0379. The molecule has 0 aliphatic carbocycles. The molecule has 0 rings (SSSR count). The molecule has 0 aromatic heterocycles. The van der Waals surface area contributed by atoms with Gasteiger partial charge in [0.15, 0.2) is 0 Å². The zero-order valence-corrected chi connectivity index (χ0v) is 60.3. The zero-order chi connectivity index (χ0) is 64.9. The van der Waals surface area contributed by atoms with Crippen LogP contribution in [0, 0.1) is 0 Å². The predicted molar refractivity (Wildman–Crippen MR) is 388 cm³/mol. The molecular weight excluding hydrogens is 1120 g/mol. The van der Waals surface area contributed by atoms with Crippen molar-refractivity contribution in [1.29, 1.82) is 0 Å². The third kappa shape index (κ3) is 69.4. The number of esters is 1. The Morgan fingerprint density at radius 1 is 0.404 bits per heavy atom. The van der Waals surface area contributed by atoms with Crippen molar-refractivity contribution in [1.82, 2.24) is 5.32 Å². The van der Waals surface area contributed by atoms with Crippen molar-refractivity contribution in [3.05, 3.63) is 85.1 Å². The number of rotatable bonds is 69. The number of quaternary nitrogens is 1. The molecule has 1 amide bonds. The SMILES string of the molecule is CC/C=C\C/C=C\C/C=C\C/C=C\C/C=C\CCCCCCCCCCCC(=O)OC(/C=C/CCCCCCCCCCC)C(COP(=O)(O)OCC[N+](C)(C)C)NC(=O)CCCCCCCCCCCCCCCCCCC/C=C/CCCCCCCC. The van der Waals surface area contributed by atoms with E-state index >= 15 is 0 Å². The van der Waals surface area contributed by atoms with Gasteiger partial charge in [-0.05, 0) is 102 Å². The average molecular weight is 1270 g/mol. The maximum absolute atomic E-state index is 13.6. The predicted octanol–water partition coefficient (Wildman–Crippen LogP) is 24.5. The Kier molecular flexibility index (Phi) is 65.9. The monoisotopic (exact) mass is 1270 g/mol. The number of ether oxygens (including phenoxy) is 1. The Labute approximate surface area is 552 Å². The molecule has 0 saturated carbocycles. The van der Waals surface area contributed by atoms with Crippen LogP contribution in [0.3, 0.4) is 0 Å². The van der Waals surface area contributed by atoms with Crippen LogP contribution in [0.5, 0.6) is 0 Å². The number of nitrogens with zero attached hydrogens (tertiary/aromatic N) is 1. The average Bonchev–Trinajstić information content (AvgIpc) is 3.64. The van der Waals surface area contributed by atoms with E-state index in [4.69, 9.17) is 13.8 Å². The quantitative estimate of drug-likeness (QED) is 0.0205. The second-order valence-electron chi connectivity index (χ2n) is 26.8. The molecule has 0 spiro atoms. The third-order valence-electron chi connectivity index (χ3n) is 16.8. The molecule has 0 heterocycles. The molecule has 0 aliphatic heterocycles. The lowest BCUT2D eigenvalue weighted by Gasteiger charge is -2.27. The summed E-state index contributed by atoms with van der Waals surface area (Å²) in [5, 5.41) is 3.08. The van der Waals surface area contributed by atoms with E-state index in [0.717, 1.165) is 103 Å². The van der Waals surface area contributed by atoms with E-state index in [1.165, 1.54) is 218 Å². The van der Waals surface area contributed by atoms with Gasteiger partial charge in [0.1, 0.15) is 19.3 Å². The lowest BCUT2D eigenvalue weighted by molar-refractivity contribution is -0.870. The van der Waals surface area contributed by atoms with Gasteiger partial charge in [0.25, 0.3) is 0 Å². The van der Waals surface area contributed by atoms with Gasteiger partial charge in [-0.15, -0.1) is 0 Å². The van der Waals surface area contributed by atoms with Crippen LogP contribution in [0.2, 0.25) is 0 Å². The second kappa shape index (κ2) is 68.1.